The summed E-state index contributed by atoms with van der Waals surface area (Å²) in [4.78, 5) is 15.7. The maximum atomic E-state index is 13.2. The highest BCUT2D eigenvalue weighted by Gasteiger charge is 2.42. The number of nitrogens with zero attached hydrogens (tertiary/aromatic N) is 1. The summed E-state index contributed by atoms with van der Waals surface area (Å²) in [6.45, 7) is -0.159. The monoisotopic (exact) mass is 399 g/mol. The molecule has 27 heavy (non-hydrogen) atoms. The molecule has 2 N–H and O–H groups in total. The highest BCUT2D eigenvalue weighted by Crippen LogP contribution is 2.30. The normalized spacial score (nSPS) is 26.2. The second-order valence-corrected chi connectivity index (χ2v) is 8.38. The van der Waals surface area contributed by atoms with Crippen LogP contribution in [-0.2, 0) is 19.5 Å². The molecule has 2 unspecified atom stereocenters. The van der Waals surface area contributed by atoms with Crippen LogP contribution in [0.1, 0.15) is 37.3 Å². The van der Waals surface area contributed by atoms with Crippen molar-refractivity contribution < 1.29 is 27.1 Å². The second-order valence-electron chi connectivity index (χ2n) is 6.48. The zero-order chi connectivity index (χ0) is 19.4. The Bertz CT molecular complexity index is 812. The molecule has 0 radical (unpaired) electrons. The lowest BCUT2D eigenvalue weighted by Crippen LogP contribution is -2.54. The smallest absolute Gasteiger partial charge is 0.406 e. The Morgan fingerprint density at radius 3 is 2.78 bits per heavy atom. The van der Waals surface area contributed by atoms with E-state index < -0.39 is 39.3 Å². The molecule has 2 aliphatic rings. The van der Waals surface area contributed by atoms with Gasteiger partial charge in [-0.25, -0.2) is 27.3 Å². The molecule has 0 spiro atoms. The molecule has 148 valence electrons. The number of ether oxygens (including phenoxy) is 2. The number of alkyl carbamates (subject to hydrolysis) is 1. The van der Waals surface area contributed by atoms with E-state index in [0.717, 1.165) is 12.8 Å². The quantitative estimate of drug-likeness (QED) is 0.804. The molecule has 1 amide bonds. The number of hydrogen-bond acceptors (Lipinski definition) is 6. The number of benzene rings is 1. The van der Waals surface area contributed by atoms with Gasteiger partial charge in [0, 0.05) is 7.05 Å². The highest BCUT2D eigenvalue weighted by molar-refractivity contribution is 7.90. The number of fused-ring (bicyclic) bond motifs is 1. The van der Waals surface area contributed by atoms with Crippen molar-refractivity contribution in [1.82, 2.24) is 10.0 Å². The lowest BCUT2D eigenvalue weighted by atomic mass is 9.97. The van der Waals surface area contributed by atoms with E-state index in [4.69, 9.17) is 9.47 Å². The Morgan fingerprint density at radius 1 is 1.37 bits per heavy atom. The summed E-state index contributed by atoms with van der Waals surface area (Å²) in [6.07, 6.45) is 1.83. The van der Waals surface area contributed by atoms with Crippen molar-refractivity contribution >= 4 is 22.1 Å². The van der Waals surface area contributed by atoms with Gasteiger partial charge in [-0.2, -0.15) is 0 Å². The van der Waals surface area contributed by atoms with Crippen LogP contribution < -0.4 is 10.0 Å². The summed E-state index contributed by atoms with van der Waals surface area (Å²) in [7, 11) is -2.17. The molecule has 1 heterocycles. The summed E-state index contributed by atoms with van der Waals surface area (Å²) >= 11 is 0. The van der Waals surface area contributed by atoms with Crippen molar-refractivity contribution in [2.75, 3.05) is 13.7 Å². The number of carbonyl (C=O) groups excluding carboxylic acids is 1. The summed E-state index contributed by atoms with van der Waals surface area (Å²) in [5, 5.41) is 1.74. The highest BCUT2D eigenvalue weighted by atomic mass is 32.2. The summed E-state index contributed by atoms with van der Waals surface area (Å²) in [6, 6.07) is 4.63. The molecule has 2 fully saturated rings. The number of hydrogen-bond donors (Lipinski definition) is 2. The standard InChI is InChI=1S/C17H22FN3O5S/c1-19-17(22)25-10-13(11-6-8-12(18)9-7-11)20-16-21-27(23,24)15-5-3-2-4-14(15)26-16/h6-9,13-15H,2-5,10H2,1H3,(H,19,22)(H,20,21)/t13-,14?,15?/m0/s1. The Labute approximate surface area is 157 Å². The number of halogens is 1. The molecule has 0 bridgehead atoms. The van der Waals surface area contributed by atoms with E-state index >= 15 is 0 Å². The number of sulfonamides is 1. The average molecular weight is 399 g/mol. The first-order chi connectivity index (χ1) is 12.9. The SMILES string of the molecule is CNC(=O)OC[C@H](N=C1NS(=O)(=O)C2CCCCC2O1)c1ccc(F)cc1. The van der Waals surface area contributed by atoms with Crippen LogP contribution in [-0.4, -0.2) is 45.5 Å². The number of aliphatic imine (C=N–C) groups is 1. The predicted molar refractivity (Wildman–Crippen MR) is 96.2 cm³/mol. The third-order valence-electron chi connectivity index (χ3n) is 4.64. The van der Waals surface area contributed by atoms with E-state index in [1.807, 2.05) is 0 Å². The first-order valence-electron chi connectivity index (χ1n) is 8.75. The predicted octanol–water partition coefficient (Wildman–Crippen LogP) is 1.84. The van der Waals surface area contributed by atoms with Crippen LogP contribution in [0.15, 0.2) is 29.3 Å². The second kappa shape index (κ2) is 8.12. The third kappa shape index (κ3) is 4.68. The lowest BCUT2D eigenvalue weighted by molar-refractivity contribution is 0.125. The van der Waals surface area contributed by atoms with Crippen LogP contribution in [0.25, 0.3) is 0 Å². The molecule has 10 heteroatoms. The number of amidine groups is 1. The first-order valence-corrected chi connectivity index (χ1v) is 10.3. The topological polar surface area (TPSA) is 106 Å². The fourth-order valence-electron chi connectivity index (χ4n) is 3.24. The van der Waals surface area contributed by atoms with Crippen molar-refractivity contribution in [1.29, 1.82) is 0 Å². The van der Waals surface area contributed by atoms with Crippen LogP contribution in [0.2, 0.25) is 0 Å². The fraction of sp³-hybridized carbons (Fsp3) is 0.529. The minimum Gasteiger partial charge on any atom is -0.460 e. The van der Waals surface area contributed by atoms with Gasteiger partial charge in [0.15, 0.2) is 0 Å². The van der Waals surface area contributed by atoms with E-state index in [9.17, 15) is 17.6 Å². The molecule has 1 aromatic carbocycles. The third-order valence-corrected chi connectivity index (χ3v) is 6.43. The van der Waals surface area contributed by atoms with Crippen LogP contribution >= 0.6 is 0 Å². The maximum Gasteiger partial charge on any atom is 0.406 e. The van der Waals surface area contributed by atoms with Crippen molar-refractivity contribution in [3.8, 4) is 0 Å². The zero-order valence-electron chi connectivity index (χ0n) is 14.9. The van der Waals surface area contributed by atoms with Crippen LogP contribution in [0.4, 0.5) is 9.18 Å². The molecular weight excluding hydrogens is 377 g/mol. The molecule has 3 atom stereocenters. The minimum atomic E-state index is -3.59. The molecule has 1 saturated heterocycles. The molecule has 1 aliphatic heterocycles. The van der Waals surface area contributed by atoms with Crippen molar-refractivity contribution in [2.45, 2.75) is 43.1 Å². The number of carbonyl (C=O) groups is 1. The fourth-order valence-corrected chi connectivity index (χ4v) is 4.80. The van der Waals surface area contributed by atoms with Crippen LogP contribution in [0.3, 0.4) is 0 Å². The van der Waals surface area contributed by atoms with Crippen molar-refractivity contribution in [3.63, 3.8) is 0 Å². The van der Waals surface area contributed by atoms with E-state index in [1.165, 1.54) is 31.3 Å². The van der Waals surface area contributed by atoms with Gasteiger partial charge >= 0.3 is 6.09 Å². The van der Waals surface area contributed by atoms with E-state index in [0.29, 0.717) is 18.4 Å². The van der Waals surface area contributed by atoms with Gasteiger partial charge in [0.05, 0.1) is 0 Å². The Morgan fingerprint density at radius 2 is 2.07 bits per heavy atom. The van der Waals surface area contributed by atoms with Gasteiger partial charge in [0.2, 0.25) is 10.0 Å². The van der Waals surface area contributed by atoms with Gasteiger partial charge in [-0.1, -0.05) is 18.6 Å². The van der Waals surface area contributed by atoms with Gasteiger partial charge in [-0.15, -0.1) is 0 Å². The molecule has 1 aliphatic carbocycles. The number of rotatable bonds is 4. The van der Waals surface area contributed by atoms with Crippen LogP contribution in [0, 0.1) is 5.82 Å². The maximum absolute atomic E-state index is 13.2. The van der Waals surface area contributed by atoms with E-state index in [2.05, 4.69) is 15.0 Å². The van der Waals surface area contributed by atoms with Crippen molar-refractivity contribution in [3.05, 3.63) is 35.6 Å². The molecule has 1 saturated carbocycles. The van der Waals surface area contributed by atoms with Gasteiger partial charge in [0.1, 0.15) is 29.8 Å². The molecule has 0 aromatic heterocycles. The lowest BCUT2D eigenvalue weighted by Gasteiger charge is -2.36. The van der Waals surface area contributed by atoms with E-state index in [-0.39, 0.29) is 12.6 Å². The molecule has 8 nitrogen and oxygen atoms in total. The minimum absolute atomic E-state index is 0.131. The zero-order valence-corrected chi connectivity index (χ0v) is 15.7. The van der Waals surface area contributed by atoms with Gasteiger partial charge in [-0.3, -0.25) is 0 Å². The largest absolute Gasteiger partial charge is 0.460 e. The van der Waals surface area contributed by atoms with E-state index in [1.54, 1.807) is 0 Å². The first kappa shape index (κ1) is 19.4. The number of nitrogens with one attached hydrogen (secondary N) is 2. The van der Waals surface area contributed by atoms with Crippen molar-refractivity contribution in [2.24, 2.45) is 4.99 Å². The Balaban J connectivity index is 1.85. The van der Waals surface area contributed by atoms with Crippen LogP contribution in [0.5, 0.6) is 0 Å². The molecular formula is C17H22FN3O5S. The summed E-state index contributed by atoms with van der Waals surface area (Å²) < 4.78 is 51.4. The number of amides is 1. The average Bonchev–Trinajstić information content (AvgIpc) is 2.65. The Hall–Kier alpha value is -2.36. The summed E-state index contributed by atoms with van der Waals surface area (Å²) in [5.74, 6) is -0.419. The van der Waals surface area contributed by atoms with Gasteiger partial charge < -0.3 is 14.8 Å². The molecule has 3 rings (SSSR count). The Kier molecular flexibility index (Phi) is 5.83. The molecule has 1 aromatic rings. The van der Waals surface area contributed by atoms with Gasteiger partial charge in [0.25, 0.3) is 6.02 Å². The van der Waals surface area contributed by atoms with Gasteiger partial charge in [-0.05, 0) is 37.0 Å². The summed E-state index contributed by atoms with van der Waals surface area (Å²) in [5.41, 5.74) is 0.557.